The lowest BCUT2D eigenvalue weighted by atomic mass is 9.80. The van der Waals surface area contributed by atoms with Crippen LogP contribution >= 0.6 is 0 Å². The number of benzene rings is 2. The van der Waals surface area contributed by atoms with Crippen LogP contribution in [0, 0.1) is 5.92 Å². The Hall–Kier alpha value is -1.76. The second kappa shape index (κ2) is 9.26. The third kappa shape index (κ3) is 4.69. The quantitative estimate of drug-likeness (QED) is 0.704. The smallest absolute Gasteiger partial charge is 0.102 e. The van der Waals surface area contributed by atoms with Gasteiger partial charge in [0.1, 0.15) is 6.10 Å². The Balaban J connectivity index is 1.71. The summed E-state index contributed by atoms with van der Waals surface area (Å²) in [5.41, 5.74) is 8.30. The van der Waals surface area contributed by atoms with E-state index in [1.165, 1.54) is 0 Å². The van der Waals surface area contributed by atoms with E-state index in [0.717, 1.165) is 11.1 Å². The summed E-state index contributed by atoms with van der Waals surface area (Å²) in [6.07, 6.45) is -1.17. The van der Waals surface area contributed by atoms with Gasteiger partial charge in [-0.1, -0.05) is 60.7 Å². The van der Waals surface area contributed by atoms with Gasteiger partial charge in [-0.15, -0.1) is 0 Å². The molecule has 140 valence electrons. The zero-order valence-electron chi connectivity index (χ0n) is 14.8. The molecule has 0 saturated heterocycles. The molecule has 0 spiro atoms. The molecule has 0 aliphatic heterocycles. The van der Waals surface area contributed by atoms with E-state index in [1.807, 2.05) is 60.7 Å². The lowest BCUT2D eigenvalue weighted by molar-refractivity contribution is -0.165. The molecule has 2 aromatic carbocycles. The molecule has 5 atom stereocenters. The van der Waals surface area contributed by atoms with Crippen LogP contribution in [0.15, 0.2) is 60.7 Å². The van der Waals surface area contributed by atoms with E-state index in [0.29, 0.717) is 19.6 Å². The highest BCUT2D eigenvalue weighted by molar-refractivity contribution is 5.14. The average molecular weight is 357 g/mol. The number of hydrogen-bond donors (Lipinski definition) is 3. The predicted octanol–water partition coefficient (Wildman–Crippen LogP) is 1.86. The minimum atomic E-state index is -0.718. The highest BCUT2D eigenvalue weighted by atomic mass is 16.5. The van der Waals surface area contributed by atoms with Crippen LogP contribution in [0.25, 0.3) is 0 Å². The van der Waals surface area contributed by atoms with E-state index in [9.17, 15) is 10.2 Å². The molecule has 2 aromatic rings. The van der Waals surface area contributed by atoms with Gasteiger partial charge in [0.15, 0.2) is 0 Å². The third-order valence-electron chi connectivity index (χ3n) is 4.96. The molecular formula is C21H27NO4. The maximum atomic E-state index is 10.3. The number of nitrogens with two attached hydrogens (primary N) is 1. The van der Waals surface area contributed by atoms with Crippen molar-refractivity contribution in [2.24, 2.45) is 11.7 Å². The molecule has 1 aliphatic carbocycles. The predicted molar refractivity (Wildman–Crippen MR) is 99.2 cm³/mol. The summed E-state index contributed by atoms with van der Waals surface area (Å²) in [5, 5.41) is 20.1. The van der Waals surface area contributed by atoms with Crippen molar-refractivity contribution in [1.82, 2.24) is 0 Å². The van der Waals surface area contributed by atoms with E-state index in [4.69, 9.17) is 15.2 Å². The van der Waals surface area contributed by atoms with Crippen LogP contribution in [0.2, 0.25) is 0 Å². The Kier molecular flexibility index (Phi) is 6.77. The van der Waals surface area contributed by atoms with E-state index >= 15 is 0 Å². The maximum absolute atomic E-state index is 10.3. The molecule has 0 aromatic heterocycles. The van der Waals surface area contributed by atoms with Gasteiger partial charge in [-0.3, -0.25) is 0 Å². The number of aliphatic hydroxyl groups excluding tert-OH is 2. The Labute approximate surface area is 154 Å². The molecule has 0 radical (unpaired) electrons. The molecule has 1 aliphatic rings. The first-order valence-corrected chi connectivity index (χ1v) is 9.04. The van der Waals surface area contributed by atoms with Gasteiger partial charge in [0.25, 0.3) is 0 Å². The molecule has 5 nitrogen and oxygen atoms in total. The molecule has 0 bridgehead atoms. The Morgan fingerprint density at radius 3 is 1.85 bits per heavy atom. The molecule has 4 N–H and O–H groups in total. The highest BCUT2D eigenvalue weighted by Crippen LogP contribution is 2.30. The van der Waals surface area contributed by atoms with Gasteiger partial charge in [-0.05, 0) is 17.5 Å². The van der Waals surface area contributed by atoms with Crippen LogP contribution in [0.1, 0.15) is 17.5 Å². The fourth-order valence-corrected chi connectivity index (χ4v) is 3.46. The number of rotatable bonds is 7. The molecule has 3 rings (SSSR count). The van der Waals surface area contributed by atoms with Crippen molar-refractivity contribution in [3.63, 3.8) is 0 Å². The molecular weight excluding hydrogens is 330 g/mol. The van der Waals surface area contributed by atoms with Crippen LogP contribution in [0.4, 0.5) is 0 Å². The van der Waals surface area contributed by atoms with Crippen molar-refractivity contribution >= 4 is 0 Å². The molecule has 26 heavy (non-hydrogen) atoms. The highest BCUT2D eigenvalue weighted by Gasteiger charge is 2.44. The largest absolute Gasteiger partial charge is 0.396 e. The number of ether oxygens (including phenoxy) is 2. The molecule has 0 heterocycles. The summed E-state index contributed by atoms with van der Waals surface area (Å²) in [5.74, 6) is -0.214. The van der Waals surface area contributed by atoms with Gasteiger partial charge in [0.05, 0.1) is 31.5 Å². The first-order valence-electron chi connectivity index (χ1n) is 9.04. The second-order valence-electron chi connectivity index (χ2n) is 6.85. The summed E-state index contributed by atoms with van der Waals surface area (Å²) in [7, 11) is 0. The first-order chi connectivity index (χ1) is 12.7. The van der Waals surface area contributed by atoms with Gasteiger partial charge in [0.2, 0.25) is 0 Å². The molecule has 0 unspecified atom stereocenters. The minimum Gasteiger partial charge on any atom is -0.396 e. The minimum absolute atomic E-state index is 0.0750. The van der Waals surface area contributed by atoms with Crippen LogP contribution in [-0.2, 0) is 22.7 Å². The van der Waals surface area contributed by atoms with Crippen molar-refractivity contribution in [1.29, 1.82) is 0 Å². The average Bonchev–Trinajstić information content (AvgIpc) is 2.69. The zero-order chi connectivity index (χ0) is 18.4. The number of aliphatic hydroxyl groups is 2. The zero-order valence-corrected chi connectivity index (χ0v) is 14.8. The van der Waals surface area contributed by atoms with E-state index < -0.39 is 18.2 Å². The van der Waals surface area contributed by atoms with E-state index in [-0.39, 0.29) is 18.6 Å². The Morgan fingerprint density at radius 1 is 0.846 bits per heavy atom. The third-order valence-corrected chi connectivity index (χ3v) is 4.96. The Bertz CT molecular complexity index is 608. The van der Waals surface area contributed by atoms with Crippen molar-refractivity contribution in [2.45, 2.75) is 44.0 Å². The summed E-state index contributed by atoms with van der Waals surface area (Å²) in [6.45, 7) is 0.722. The van der Waals surface area contributed by atoms with E-state index in [1.54, 1.807) is 0 Å². The van der Waals surface area contributed by atoms with Gasteiger partial charge < -0.3 is 25.4 Å². The van der Waals surface area contributed by atoms with Gasteiger partial charge in [-0.25, -0.2) is 0 Å². The maximum Gasteiger partial charge on any atom is 0.102 e. The Morgan fingerprint density at radius 2 is 1.35 bits per heavy atom. The van der Waals surface area contributed by atoms with Gasteiger partial charge in [-0.2, -0.15) is 0 Å². The first kappa shape index (κ1) is 19.0. The molecule has 0 amide bonds. The van der Waals surface area contributed by atoms with Crippen molar-refractivity contribution < 1.29 is 19.7 Å². The normalized spacial score (nSPS) is 28.8. The molecule has 1 saturated carbocycles. The van der Waals surface area contributed by atoms with Crippen molar-refractivity contribution in [2.75, 3.05) is 6.61 Å². The summed E-state index contributed by atoms with van der Waals surface area (Å²) in [4.78, 5) is 0. The van der Waals surface area contributed by atoms with Crippen LogP contribution in [0.5, 0.6) is 0 Å². The summed E-state index contributed by atoms with van der Waals surface area (Å²) >= 11 is 0. The van der Waals surface area contributed by atoms with Crippen LogP contribution in [-0.4, -0.2) is 41.2 Å². The van der Waals surface area contributed by atoms with Crippen molar-refractivity contribution in [3.8, 4) is 0 Å². The number of hydrogen-bond acceptors (Lipinski definition) is 5. The van der Waals surface area contributed by atoms with Crippen LogP contribution < -0.4 is 5.73 Å². The fourth-order valence-electron chi connectivity index (χ4n) is 3.46. The van der Waals surface area contributed by atoms with Crippen LogP contribution in [0.3, 0.4) is 0 Å². The van der Waals surface area contributed by atoms with Crippen molar-refractivity contribution in [3.05, 3.63) is 71.8 Å². The molecule has 5 heteroatoms. The van der Waals surface area contributed by atoms with Gasteiger partial charge in [0, 0.05) is 12.5 Å². The summed E-state index contributed by atoms with van der Waals surface area (Å²) in [6, 6.07) is 19.1. The van der Waals surface area contributed by atoms with Gasteiger partial charge >= 0.3 is 0 Å². The summed E-state index contributed by atoms with van der Waals surface area (Å²) < 4.78 is 12.2. The SMILES string of the molecule is N[C@@H]1[C@@H](OCc2ccccc2)[C@H](OCc2ccccc2)[C@@H](CO)C[C@H]1O. The fraction of sp³-hybridized carbons (Fsp3) is 0.429. The second-order valence-corrected chi connectivity index (χ2v) is 6.85. The lowest BCUT2D eigenvalue weighted by Gasteiger charge is -2.43. The van der Waals surface area contributed by atoms with E-state index in [2.05, 4.69) is 0 Å². The standard InChI is InChI=1S/C21H27NO4/c22-19-18(24)11-17(12-23)20(25-13-15-7-3-1-4-8-15)21(19)26-14-16-9-5-2-6-10-16/h1-10,17-21,23-24H,11-14,22H2/t17-,18-,19+,20-,21-/m1/s1. The topological polar surface area (TPSA) is 84.9 Å². The monoisotopic (exact) mass is 357 g/mol. The lowest BCUT2D eigenvalue weighted by Crippen LogP contribution is -2.60. The molecule has 1 fully saturated rings.